The van der Waals surface area contributed by atoms with Crippen LogP contribution < -0.4 is 0 Å². The Balaban J connectivity index is 2.96. The Labute approximate surface area is 92.5 Å². The van der Waals surface area contributed by atoms with Gasteiger partial charge < -0.3 is 4.74 Å². The third kappa shape index (κ3) is 2.84. The van der Waals surface area contributed by atoms with Gasteiger partial charge in [-0.05, 0) is 25.5 Å². The van der Waals surface area contributed by atoms with Gasteiger partial charge in [0.25, 0.3) is 0 Å². The Kier molecular flexibility index (Phi) is 4.14. The topological polar surface area (TPSA) is 26.3 Å². The Morgan fingerprint density at radius 3 is 2.86 bits per heavy atom. The number of alkyl halides is 1. The zero-order valence-electron chi connectivity index (χ0n) is 8.34. The number of ether oxygens (including phenoxy) is 1. The SMILES string of the molecule is COC(=O)C1=CC=C(CBr)CC(C)=C1. The lowest BCUT2D eigenvalue weighted by atomic mass is 10.1. The van der Waals surface area contributed by atoms with Crippen LogP contribution in [0, 0.1) is 0 Å². The van der Waals surface area contributed by atoms with Crippen LogP contribution in [0.2, 0.25) is 0 Å². The standard InChI is InChI=1S/C11H13BrO2/c1-8-5-9(7-12)3-4-10(6-8)11(13)14-2/h3-4,6H,5,7H2,1-2H3. The number of hydrogen-bond acceptors (Lipinski definition) is 2. The third-order valence-electron chi connectivity index (χ3n) is 2.00. The molecular weight excluding hydrogens is 244 g/mol. The summed E-state index contributed by atoms with van der Waals surface area (Å²) in [5.41, 5.74) is 3.04. The first-order chi connectivity index (χ1) is 6.67. The Morgan fingerprint density at radius 2 is 2.29 bits per heavy atom. The van der Waals surface area contributed by atoms with Crippen molar-refractivity contribution in [1.82, 2.24) is 0 Å². The van der Waals surface area contributed by atoms with Gasteiger partial charge in [0.1, 0.15) is 0 Å². The number of esters is 1. The molecule has 1 aliphatic rings. The number of methoxy groups -OCH3 is 1. The van der Waals surface area contributed by atoms with Crippen LogP contribution in [0.5, 0.6) is 0 Å². The molecule has 3 heteroatoms. The van der Waals surface area contributed by atoms with Crippen molar-refractivity contribution in [3.8, 4) is 0 Å². The molecule has 0 bridgehead atoms. The summed E-state index contributed by atoms with van der Waals surface area (Å²) < 4.78 is 4.67. The van der Waals surface area contributed by atoms with Crippen LogP contribution in [0.4, 0.5) is 0 Å². The first kappa shape index (κ1) is 11.2. The second-order valence-corrected chi connectivity index (χ2v) is 3.80. The fourth-order valence-electron chi connectivity index (χ4n) is 1.33. The summed E-state index contributed by atoms with van der Waals surface area (Å²) in [6.45, 7) is 2.01. The van der Waals surface area contributed by atoms with Crippen molar-refractivity contribution in [2.75, 3.05) is 12.4 Å². The van der Waals surface area contributed by atoms with Gasteiger partial charge in [0.2, 0.25) is 0 Å². The number of hydrogen-bond donors (Lipinski definition) is 0. The van der Waals surface area contributed by atoms with Crippen molar-refractivity contribution in [3.63, 3.8) is 0 Å². The molecule has 0 atom stereocenters. The minimum Gasteiger partial charge on any atom is -0.465 e. The molecule has 0 fully saturated rings. The molecule has 0 N–H and O–H groups in total. The van der Waals surface area contributed by atoms with Crippen molar-refractivity contribution in [1.29, 1.82) is 0 Å². The van der Waals surface area contributed by atoms with Gasteiger partial charge in [-0.2, -0.15) is 0 Å². The largest absolute Gasteiger partial charge is 0.465 e. The minimum atomic E-state index is -0.281. The monoisotopic (exact) mass is 256 g/mol. The maximum Gasteiger partial charge on any atom is 0.337 e. The van der Waals surface area contributed by atoms with E-state index >= 15 is 0 Å². The number of carbonyl (C=O) groups is 1. The van der Waals surface area contributed by atoms with Crippen LogP contribution >= 0.6 is 15.9 Å². The molecule has 76 valence electrons. The van der Waals surface area contributed by atoms with E-state index in [0.29, 0.717) is 5.57 Å². The summed E-state index contributed by atoms with van der Waals surface area (Å²) in [6, 6.07) is 0. The molecule has 0 saturated heterocycles. The maximum absolute atomic E-state index is 11.3. The van der Waals surface area contributed by atoms with Crippen molar-refractivity contribution < 1.29 is 9.53 Å². The molecule has 0 heterocycles. The summed E-state index contributed by atoms with van der Waals surface area (Å²) in [7, 11) is 1.40. The van der Waals surface area contributed by atoms with Crippen LogP contribution in [0.3, 0.4) is 0 Å². The first-order valence-corrected chi connectivity index (χ1v) is 5.50. The van der Waals surface area contributed by atoms with Gasteiger partial charge in [-0.1, -0.05) is 33.2 Å². The molecule has 14 heavy (non-hydrogen) atoms. The van der Waals surface area contributed by atoms with Gasteiger partial charge in [-0.15, -0.1) is 0 Å². The van der Waals surface area contributed by atoms with Crippen LogP contribution in [0.15, 0.2) is 34.9 Å². The van der Waals surface area contributed by atoms with E-state index in [-0.39, 0.29) is 5.97 Å². The summed E-state index contributed by atoms with van der Waals surface area (Å²) in [5, 5.41) is 0.836. The molecule has 0 aromatic rings. The highest BCUT2D eigenvalue weighted by Crippen LogP contribution is 2.19. The highest BCUT2D eigenvalue weighted by Gasteiger charge is 2.09. The zero-order valence-corrected chi connectivity index (χ0v) is 9.93. The van der Waals surface area contributed by atoms with E-state index in [0.717, 1.165) is 11.8 Å². The quantitative estimate of drug-likeness (QED) is 0.561. The number of allylic oxidation sites excluding steroid dienone is 4. The molecule has 0 radical (unpaired) electrons. The lowest BCUT2D eigenvalue weighted by Gasteiger charge is -2.01. The Hall–Kier alpha value is -0.830. The van der Waals surface area contributed by atoms with Crippen LogP contribution in [-0.2, 0) is 9.53 Å². The van der Waals surface area contributed by atoms with E-state index in [2.05, 4.69) is 20.7 Å². The lowest BCUT2D eigenvalue weighted by Crippen LogP contribution is -2.02. The van der Waals surface area contributed by atoms with Crippen molar-refractivity contribution in [2.24, 2.45) is 0 Å². The normalized spacial score (nSPS) is 16.4. The molecule has 0 spiro atoms. The van der Waals surface area contributed by atoms with Crippen LogP contribution in [0.25, 0.3) is 0 Å². The number of carbonyl (C=O) groups excluding carboxylic acids is 1. The molecule has 0 saturated carbocycles. The van der Waals surface area contributed by atoms with Crippen LogP contribution in [0.1, 0.15) is 13.3 Å². The van der Waals surface area contributed by atoms with E-state index < -0.39 is 0 Å². The molecule has 0 aromatic heterocycles. The summed E-state index contributed by atoms with van der Waals surface area (Å²) >= 11 is 3.41. The van der Waals surface area contributed by atoms with E-state index in [9.17, 15) is 4.79 Å². The molecule has 2 nitrogen and oxygen atoms in total. The summed E-state index contributed by atoms with van der Waals surface area (Å²) in [5.74, 6) is -0.281. The summed E-state index contributed by atoms with van der Waals surface area (Å²) in [6.07, 6.45) is 6.55. The van der Waals surface area contributed by atoms with Gasteiger partial charge in [-0.25, -0.2) is 4.79 Å². The summed E-state index contributed by atoms with van der Waals surface area (Å²) in [4.78, 5) is 11.3. The first-order valence-electron chi connectivity index (χ1n) is 4.38. The fourth-order valence-corrected chi connectivity index (χ4v) is 1.71. The highest BCUT2D eigenvalue weighted by atomic mass is 79.9. The van der Waals surface area contributed by atoms with E-state index in [1.165, 1.54) is 18.3 Å². The molecule has 0 aromatic carbocycles. The van der Waals surface area contributed by atoms with E-state index in [4.69, 9.17) is 0 Å². The molecule has 1 rings (SSSR count). The number of halogens is 1. The minimum absolute atomic E-state index is 0.281. The van der Waals surface area contributed by atoms with Gasteiger partial charge in [0, 0.05) is 5.33 Å². The second kappa shape index (κ2) is 5.15. The smallest absolute Gasteiger partial charge is 0.337 e. The predicted molar refractivity (Wildman–Crippen MR) is 60.4 cm³/mol. The fraction of sp³-hybridized carbons (Fsp3) is 0.364. The molecule has 0 aliphatic heterocycles. The Morgan fingerprint density at radius 1 is 1.57 bits per heavy atom. The molecule has 1 aliphatic carbocycles. The van der Waals surface area contributed by atoms with E-state index in [1.54, 1.807) is 6.08 Å². The van der Waals surface area contributed by atoms with Gasteiger partial charge in [0.05, 0.1) is 12.7 Å². The van der Waals surface area contributed by atoms with Gasteiger partial charge in [-0.3, -0.25) is 0 Å². The Bertz CT molecular complexity index is 324. The zero-order chi connectivity index (χ0) is 10.6. The lowest BCUT2D eigenvalue weighted by molar-refractivity contribution is -0.135. The van der Waals surface area contributed by atoms with E-state index in [1.807, 2.05) is 19.1 Å². The molecular formula is C11H13BrO2. The highest BCUT2D eigenvalue weighted by molar-refractivity contribution is 9.09. The average molecular weight is 257 g/mol. The predicted octanol–water partition coefficient (Wildman–Crippen LogP) is 2.76. The van der Waals surface area contributed by atoms with Gasteiger partial charge in [0.15, 0.2) is 0 Å². The van der Waals surface area contributed by atoms with Gasteiger partial charge >= 0.3 is 5.97 Å². The average Bonchev–Trinajstić information content (AvgIpc) is 2.38. The van der Waals surface area contributed by atoms with Crippen LogP contribution in [-0.4, -0.2) is 18.4 Å². The van der Waals surface area contributed by atoms with Crippen molar-refractivity contribution in [3.05, 3.63) is 34.9 Å². The third-order valence-corrected chi connectivity index (χ3v) is 2.72. The number of rotatable bonds is 2. The molecule has 0 unspecified atom stereocenters. The second-order valence-electron chi connectivity index (χ2n) is 3.24. The van der Waals surface area contributed by atoms with Crippen molar-refractivity contribution in [2.45, 2.75) is 13.3 Å². The van der Waals surface area contributed by atoms with Crippen molar-refractivity contribution >= 4 is 21.9 Å². The maximum atomic E-state index is 11.3. The molecule has 0 amide bonds.